The van der Waals surface area contributed by atoms with Crippen LogP contribution in [-0.2, 0) is 6.13 Å². The van der Waals surface area contributed by atoms with E-state index in [4.69, 9.17) is 8.29 Å². The summed E-state index contributed by atoms with van der Waals surface area (Å²) in [5, 5.41) is 1.70. The molecule has 0 aromatic rings. The molecule has 1 N–H and O–H groups in total. The molecule has 0 saturated heterocycles. The standard InChI is InChI=1S/HNO2.H2O.O.Sb/c2-1-3;;;/h(H,2,3);1H2;;/q;;;+2/p-2. The quantitative estimate of drug-likeness (QED) is 0.356. The first-order valence-electron chi connectivity index (χ1n) is 0.930. The predicted octanol–water partition coefficient (Wildman–Crippen LogP) is -0.908. The number of hydrogen-bond donors (Lipinski definition) is 1. The van der Waals surface area contributed by atoms with E-state index in [2.05, 4.69) is 3.12 Å². The molecule has 6 heteroatoms. The summed E-state index contributed by atoms with van der Waals surface area (Å²) >= 11 is -3.74. The molecule has 0 aromatic heterocycles. The molecule has 5 nitrogen and oxygen atoms in total. The number of nitrogens with zero attached hydrogens (tertiary/aromatic N) is 1. The van der Waals surface area contributed by atoms with Gasteiger partial charge in [0.2, 0.25) is 0 Å². The molecule has 0 heterocycles. The van der Waals surface area contributed by atoms with Gasteiger partial charge in [-0.3, -0.25) is 0 Å². The fraction of sp³-hybridized carbons (Fsp3) is 0. The molecule has 0 aliphatic carbocycles. The molecule has 35 valence electrons. The van der Waals surface area contributed by atoms with Gasteiger partial charge in [0, 0.05) is 0 Å². The second-order valence-electron chi connectivity index (χ2n) is 0.394. The van der Waals surface area contributed by atoms with Gasteiger partial charge in [0.05, 0.1) is 0 Å². The van der Waals surface area contributed by atoms with Crippen molar-refractivity contribution in [1.29, 1.82) is 0 Å². The molecular formula is HNO4Sb. The van der Waals surface area contributed by atoms with Crippen LogP contribution < -0.4 is 0 Å². The normalized spacial score (nSPS) is 6.83. The van der Waals surface area contributed by atoms with Crippen molar-refractivity contribution in [2.24, 2.45) is 5.34 Å². The van der Waals surface area contributed by atoms with E-state index >= 15 is 0 Å². The first kappa shape index (κ1) is 5.98. The van der Waals surface area contributed by atoms with Gasteiger partial charge in [-0.15, -0.1) is 0 Å². The molecule has 0 fully saturated rings. The van der Waals surface area contributed by atoms with Gasteiger partial charge in [0.15, 0.2) is 0 Å². The van der Waals surface area contributed by atoms with Crippen LogP contribution in [0.25, 0.3) is 0 Å². The van der Waals surface area contributed by atoms with Crippen LogP contribution in [-0.4, -0.2) is 24.4 Å². The molecule has 0 saturated carbocycles. The zero-order valence-corrected chi connectivity index (χ0v) is 5.12. The summed E-state index contributed by atoms with van der Waals surface area (Å²) in [6.07, 6.45) is 0. The van der Waals surface area contributed by atoms with E-state index in [1.165, 1.54) is 0 Å². The molecule has 0 aliphatic heterocycles. The summed E-state index contributed by atoms with van der Waals surface area (Å²) in [7, 11) is 0. The first-order valence-corrected chi connectivity index (χ1v) is 4.16. The van der Waals surface area contributed by atoms with Gasteiger partial charge in [-0.2, -0.15) is 0 Å². The van der Waals surface area contributed by atoms with Gasteiger partial charge < -0.3 is 0 Å². The third-order valence-corrected chi connectivity index (χ3v) is 0.692. The molecule has 6 heavy (non-hydrogen) atoms. The summed E-state index contributed by atoms with van der Waals surface area (Å²) in [6.45, 7) is 0. The molecule has 0 unspecified atom stereocenters. The summed E-state index contributed by atoms with van der Waals surface area (Å²) < 4.78 is 20.3. The minimum atomic E-state index is -3.74. The fourth-order valence-corrected chi connectivity index (χ4v) is 0.191. The third-order valence-electron chi connectivity index (χ3n) is 0.103. The van der Waals surface area contributed by atoms with E-state index in [0.29, 0.717) is 0 Å². The molecule has 0 aromatic carbocycles. The van der Waals surface area contributed by atoms with Crippen LogP contribution in [0.1, 0.15) is 0 Å². The van der Waals surface area contributed by atoms with Crippen molar-refractivity contribution in [2.45, 2.75) is 0 Å². The van der Waals surface area contributed by atoms with Gasteiger partial charge in [0.25, 0.3) is 0 Å². The van der Waals surface area contributed by atoms with Gasteiger partial charge in [-0.1, -0.05) is 0 Å². The Morgan fingerprint density at radius 3 is 2.33 bits per heavy atom. The van der Waals surface area contributed by atoms with Gasteiger partial charge in [-0.25, -0.2) is 0 Å². The molecule has 0 bridgehead atoms. The Balaban J connectivity index is 3.05. The van der Waals surface area contributed by atoms with Crippen LogP contribution >= 0.6 is 0 Å². The Bertz CT molecular complexity index is 67.9. The Hall–Kier alpha value is -0.0218. The Kier molecular flexibility index (Phi) is 3.17. The van der Waals surface area contributed by atoms with Crippen molar-refractivity contribution in [3.63, 3.8) is 0 Å². The molecule has 0 amide bonds. The Morgan fingerprint density at radius 2 is 2.33 bits per heavy atom. The summed E-state index contributed by atoms with van der Waals surface area (Å²) in [4.78, 5) is 8.83. The van der Waals surface area contributed by atoms with E-state index in [1.54, 1.807) is 5.34 Å². The van der Waals surface area contributed by atoms with Crippen LogP contribution in [0, 0.1) is 4.91 Å². The number of rotatable bonds is 2. The molecule has 0 rings (SSSR count). The summed E-state index contributed by atoms with van der Waals surface area (Å²) in [5.41, 5.74) is 0. The van der Waals surface area contributed by atoms with Crippen molar-refractivity contribution >= 4 is 21.0 Å². The van der Waals surface area contributed by atoms with Crippen LogP contribution in [0.15, 0.2) is 5.34 Å². The zero-order valence-electron chi connectivity index (χ0n) is 2.57. The molecule has 0 spiro atoms. The molecular weight excluding hydrogens is 200 g/mol. The van der Waals surface area contributed by atoms with E-state index in [1.807, 2.05) is 0 Å². The average molecular weight is 201 g/mol. The second-order valence-corrected chi connectivity index (χ2v) is 2.22. The van der Waals surface area contributed by atoms with Crippen molar-refractivity contribution in [2.75, 3.05) is 0 Å². The van der Waals surface area contributed by atoms with E-state index < -0.39 is 21.0 Å². The van der Waals surface area contributed by atoms with E-state index in [0.717, 1.165) is 0 Å². The number of hydrogen-bond acceptors (Lipinski definition) is 4. The van der Waals surface area contributed by atoms with Gasteiger partial charge >= 0.3 is 40.8 Å². The summed E-state index contributed by atoms with van der Waals surface area (Å²) in [6, 6.07) is 0. The van der Waals surface area contributed by atoms with Crippen LogP contribution in [0.2, 0.25) is 0 Å². The fourth-order valence-electron chi connectivity index (χ4n) is 0.0285. The van der Waals surface area contributed by atoms with E-state index in [-0.39, 0.29) is 0 Å². The topological polar surface area (TPSA) is 76.0 Å². The predicted molar refractivity (Wildman–Crippen MR) is 15.5 cm³/mol. The summed E-state index contributed by atoms with van der Waals surface area (Å²) in [5.74, 6) is 0. The Labute approximate surface area is 41.3 Å². The maximum atomic E-state index is 9.35. The molecule has 0 aliphatic rings. The van der Waals surface area contributed by atoms with Crippen molar-refractivity contribution in [1.82, 2.24) is 0 Å². The SMILES string of the molecule is O=N[O][Sb](=[O])[OH]. The van der Waals surface area contributed by atoms with Crippen molar-refractivity contribution in [3.8, 4) is 0 Å². The second kappa shape index (κ2) is 3.18. The van der Waals surface area contributed by atoms with Crippen LogP contribution in [0.4, 0.5) is 0 Å². The molecule has 0 atom stereocenters. The molecule has 1 radical (unpaired) electrons. The first-order chi connectivity index (χ1) is 2.77. The van der Waals surface area contributed by atoms with Gasteiger partial charge in [0.1, 0.15) is 0 Å². The maximum absolute atomic E-state index is 9.35. The van der Waals surface area contributed by atoms with Crippen LogP contribution in [0.5, 0.6) is 0 Å². The average Bonchev–Trinajstić information content (AvgIpc) is 1.35. The van der Waals surface area contributed by atoms with Gasteiger partial charge in [-0.05, 0) is 0 Å². The zero-order chi connectivity index (χ0) is 4.99. The van der Waals surface area contributed by atoms with Crippen molar-refractivity contribution in [3.05, 3.63) is 4.91 Å². The van der Waals surface area contributed by atoms with E-state index in [9.17, 15) is 3.02 Å². The monoisotopic (exact) mass is 200 g/mol. The Morgan fingerprint density at radius 1 is 1.83 bits per heavy atom. The van der Waals surface area contributed by atoms with Crippen molar-refractivity contribution < 1.29 is 9.52 Å². The minimum absolute atomic E-state index is 1.70. The van der Waals surface area contributed by atoms with Crippen LogP contribution in [0.3, 0.4) is 0 Å². The third kappa shape index (κ3) is 3.98.